The van der Waals surface area contributed by atoms with Gasteiger partial charge in [-0.15, -0.1) is 0 Å². The molecule has 1 aliphatic heterocycles. The maximum Gasteiger partial charge on any atom is 0.320 e. The number of amides is 2. The van der Waals surface area contributed by atoms with Crippen LogP contribution in [0.3, 0.4) is 0 Å². The zero-order valence-corrected chi connectivity index (χ0v) is 28.7. The van der Waals surface area contributed by atoms with Crippen molar-refractivity contribution in [1.82, 2.24) is 4.90 Å². The fourth-order valence-corrected chi connectivity index (χ4v) is 6.80. The van der Waals surface area contributed by atoms with Gasteiger partial charge in [0.2, 0.25) is 11.8 Å². The van der Waals surface area contributed by atoms with Gasteiger partial charge in [-0.2, -0.15) is 0 Å². The molecule has 1 saturated heterocycles. The summed E-state index contributed by atoms with van der Waals surface area (Å²) in [7, 11) is 1.55. The third-order valence-electron chi connectivity index (χ3n) is 10.1. The molecule has 2 aliphatic carbocycles. The summed E-state index contributed by atoms with van der Waals surface area (Å²) in [6.07, 6.45) is 3.44. The van der Waals surface area contributed by atoms with E-state index < -0.39 is 28.9 Å². The molecule has 2 amide bonds. The molecule has 0 bridgehead atoms. The predicted octanol–water partition coefficient (Wildman–Crippen LogP) is 6.01. The summed E-state index contributed by atoms with van der Waals surface area (Å²) in [4.78, 5) is 40.1. The van der Waals surface area contributed by atoms with Crippen LogP contribution in [-0.2, 0) is 19.1 Å². The lowest BCUT2D eigenvalue weighted by atomic mass is 10.0. The SMILES string of the molecule is COc1cc2c(Oc3ccc(NC(=O)C4(C(=O)Nc5ccc(F)cc5)CC4)cc3F)cccc2cc1OCCCN1CC(OC(=O)CN)C2(CC2)C1. The van der Waals surface area contributed by atoms with Gasteiger partial charge >= 0.3 is 5.97 Å². The van der Waals surface area contributed by atoms with E-state index in [1.165, 1.54) is 36.4 Å². The topological polar surface area (TPSA) is 141 Å². The normalized spacial score (nSPS) is 18.1. The van der Waals surface area contributed by atoms with Crippen LogP contribution in [0.4, 0.5) is 20.2 Å². The first kappa shape index (κ1) is 35.1. The van der Waals surface area contributed by atoms with Crippen LogP contribution in [0.25, 0.3) is 10.8 Å². The van der Waals surface area contributed by atoms with Crippen LogP contribution in [0.2, 0.25) is 0 Å². The first-order valence-corrected chi connectivity index (χ1v) is 17.3. The monoisotopic (exact) mass is 714 g/mol. The van der Waals surface area contributed by atoms with Gasteiger partial charge in [0.25, 0.3) is 0 Å². The Labute approximate surface area is 299 Å². The van der Waals surface area contributed by atoms with Gasteiger partial charge in [0.05, 0.1) is 20.3 Å². The second-order valence-electron chi connectivity index (χ2n) is 13.7. The molecule has 0 aromatic heterocycles. The summed E-state index contributed by atoms with van der Waals surface area (Å²) in [6, 6.07) is 18.3. The zero-order chi connectivity index (χ0) is 36.5. The van der Waals surface area contributed by atoms with E-state index in [4.69, 9.17) is 24.7 Å². The molecule has 1 unspecified atom stereocenters. The molecule has 13 heteroatoms. The molecule has 4 aromatic carbocycles. The summed E-state index contributed by atoms with van der Waals surface area (Å²) in [5, 5.41) is 6.77. The van der Waals surface area contributed by atoms with Crippen LogP contribution >= 0.6 is 0 Å². The van der Waals surface area contributed by atoms with Crippen LogP contribution in [-0.4, -0.2) is 68.7 Å². The lowest BCUT2D eigenvalue weighted by molar-refractivity contribution is -0.149. The Hall–Kier alpha value is -5.27. The molecule has 272 valence electrons. The number of likely N-dealkylation sites (tertiary alicyclic amines) is 1. The molecule has 11 nitrogen and oxygen atoms in total. The third-order valence-corrected chi connectivity index (χ3v) is 10.1. The van der Waals surface area contributed by atoms with Crippen LogP contribution in [0, 0.1) is 22.5 Å². The standard InChI is InChI=1S/C39H40F2N4O7/c1-49-32-20-28-24(18-33(32)50-17-3-16-45-22-34(52-35(46)21-42)38(23-45)12-13-38)4-2-5-30(28)51-31-11-10-27(19-29(31)41)44-37(48)39(14-15-39)36(47)43-26-8-6-25(40)7-9-26/h2,4-11,18-20,34H,3,12-17,21-23,42H2,1H3,(H,43,47)(H,44,48). The smallest absolute Gasteiger partial charge is 0.320 e. The van der Waals surface area contributed by atoms with Gasteiger partial charge in [-0.05, 0) is 92.1 Å². The molecule has 4 N–H and O–H groups in total. The first-order valence-electron chi connectivity index (χ1n) is 17.3. The van der Waals surface area contributed by atoms with Gasteiger partial charge in [-0.1, -0.05) is 12.1 Å². The minimum Gasteiger partial charge on any atom is -0.493 e. The maximum atomic E-state index is 15.3. The highest BCUT2D eigenvalue weighted by Crippen LogP contribution is 2.54. The average Bonchev–Trinajstić information content (AvgIpc) is 4.07. The quantitative estimate of drug-likeness (QED) is 0.0814. The molecule has 7 rings (SSSR count). The Morgan fingerprint density at radius 1 is 0.865 bits per heavy atom. The number of fused-ring (bicyclic) bond motifs is 1. The Morgan fingerprint density at radius 3 is 2.27 bits per heavy atom. The number of nitrogens with zero attached hydrogens (tertiary/aromatic N) is 1. The second-order valence-corrected chi connectivity index (χ2v) is 13.7. The Morgan fingerprint density at radius 2 is 1.60 bits per heavy atom. The second kappa shape index (κ2) is 14.4. The lowest BCUT2D eigenvalue weighted by Gasteiger charge is -2.17. The van der Waals surface area contributed by atoms with Gasteiger partial charge in [0.1, 0.15) is 23.1 Å². The van der Waals surface area contributed by atoms with E-state index in [0.29, 0.717) is 54.3 Å². The van der Waals surface area contributed by atoms with Crippen LogP contribution in [0.1, 0.15) is 32.1 Å². The number of methoxy groups -OCH3 is 1. The highest BCUT2D eigenvalue weighted by atomic mass is 19.1. The number of carbonyl (C=O) groups excluding carboxylic acids is 3. The van der Waals surface area contributed by atoms with Crippen molar-refractivity contribution in [2.24, 2.45) is 16.6 Å². The van der Waals surface area contributed by atoms with Crippen molar-refractivity contribution >= 4 is 39.9 Å². The number of rotatable bonds is 14. The number of carbonyl (C=O) groups is 3. The van der Waals surface area contributed by atoms with Crippen LogP contribution in [0.5, 0.6) is 23.0 Å². The van der Waals surface area contributed by atoms with E-state index in [1.54, 1.807) is 25.3 Å². The van der Waals surface area contributed by atoms with Crippen molar-refractivity contribution in [3.63, 3.8) is 0 Å². The number of benzene rings is 4. The molecular formula is C39H40F2N4O7. The van der Waals surface area contributed by atoms with Gasteiger partial charge in [-0.3, -0.25) is 19.3 Å². The largest absolute Gasteiger partial charge is 0.493 e. The first-order chi connectivity index (χ1) is 25.1. The molecule has 1 spiro atoms. The van der Waals surface area contributed by atoms with E-state index in [2.05, 4.69) is 15.5 Å². The van der Waals surface area contributed by atoms with E-state index in [9.17, 15) is 18.8 Å². The molecule has 52 heavy (non-hydrogen) atoms. The number of esters is 1. The van der Waals surface area contributed by atoms with E-state index >= 15 is 4.39 Å². The van der Waals surface area contributed by atoms with Crippen molar-refractivity contribution in [1.29, 1.82) is 0 Å². The van der Waals surface area contributed by atoms with Crippen LogP contribution < -0.4 is 30.6 Å². The number of hydrogen-bond donors (Lipinski definition) is 3. The zero-order valence-electron chi connectivity index (χ0n) is 28.7. The van der Waals surface area contributed by atoms with Crippen LogP contribution in [0.15, 0.2) is 72.8 Å². The molecular weight excluding hydrogens is 674 g/mol. The molecule has 2 saturated carbocycles. The minimum absolute atomic E-state index is 0.0603. The molecule has 3 fully saturated rings. The molecule has 4 aromatic rings. The summed E-state index contributed by atoms with van der Waals surface area (Å²) in [5.74, 6) is -1.19. The Bertz CT molecular complexity index is 2000. The van der Waals surface area contributed by atoms with Gasteiger partial charge < -0.3 is 35.3 Å². The highest BCUT2D eigenvalue weighted by Gasteiger charge is 2.57. The number of nitrogens with two attached hydrogens (primary N) is 1. The molecule has 1 atom stereocenters. The highest BCUT2D eigenvalue weighted by molar-refractivity contribution is 6.16. The van der Waals surface area contributed by atoms with E-state index in [0.717, 1.165) is 43.8 Å². The molecule has 0 radical (unpaired) electrons. The fourth-order valence-electron chi connectivity index (χ4n) is 6.80. The van der Waals surface area contributed by atoms with E-state index in [-0.39, 0.29) is 35.5 Å². The third kappa shape index (κ3) is 7.37. The Kier molecular flexibility index (Phi) is 9.73. The van der Waals surface area contributed by atoms with Gasteiger partial charge in [-0.25, -0.2) is 8.78 Å². The summed E-state index contributed by atoms with van der Waals surface area (Å²) in [6.45, 7) is 2.73. The van der Waals surface area contributed by atoms with E-state index in [1.807, 2.05) is 12.1 Å². The lowest BCUT2D eigenvalue weighted by Crippen LogP contribution is -2.35. The summed E-state index contributed by atoms with van der Waals surface area (Å²) in [5.41, 5.74) is 4.77. The number of ether oxygens (including phenoxy) is 4. The van der Waals surface area contributed by atoms with Gasteiger partial charge in [0.15, 0.2) is 23.1 Å². The van der Waals surface area contributed by atoms with Crippen molar-refractivity contribution in [3.05, 3.63) is 84.4 Å². The van der Waals surface area contributed by atoms with Gasteiger partial charge in [0, 0.05) is 47.9 Å². The van der Waals surface area contributed by atoms with Crippen molar-refractivity contribution in [3.8, 4) is 23.0 Å². The number of anilines is 2. The average molecular weight is 715 g/mol. The summed E-state index contributed by atoms with van der Waals surface area (Å²) >= 11 is 0. The predicted molar refractivity (Wildman–Crippen MR) is 189 cm³/mol. The number of nitrogens with one attached hydrogen (secondary N) is 2. The molecule has 3 aliphatic rings. The summed E-state index contributed by atoms with van der Waals surface area (Å²) < 4.78 is 52.0. The number of hydrogen-bond acceptors (Lipinski definition) is 9. The molecule has 1 heterocycles. The Balaban J connectivity index is 0.961. The minimum atomic E-state index is -1.29. The van der Waals surface area contributed by atoms with Crippen molar-refractivity contribution in [2.75, 3.05) is 50.5 Å². The fraction of sp³-hybridized carbons (Fsp3) is 0.359. The maximum absolute atomic E-state index is 15.3. The number of halogens is 2. The van der Waals surface area contributed by atoms with Crippen molar-refractivity contribution in [2.45, 2.75) is 38.2 Å². The van der Waals surface area contributed by atoms with Crippen molar-refractivity contribution < 1.29 is 42.1 Å².